The van der Waals surface area contributed by atoms with Gasteiger partial charge < -0.3 is 5.32 Å². The smallest absolute Gasteiger partial charge is 0.148 e. The Kier molecular flexibility index (Phi) is 3.14. The minimum Gasteiger partial charge on any atom is -0.372 e. The first kappa shape index (κ1) is 11.0. The summed E-state index contributed by atoms with van der Waals surface area (Å²) in [7, 11) is 1.78. The van der Waals surface area contributed by atoms with Gasteiger partial charge in [-0.1, -0.05) is 0 Å². The zero-order valence-electron chi connectivity index (χ0n) is 8.54. The first-order chi connectivity index (χ1) is 7.70. The van der Waals surface area contributed by atoms with Crippen molar-refractivity contribution in [3.05, 3.63) is 40.6 Å². The van der Waals surface area contributed by atoms with Gasteiger partial charge in [-0.15, -0.1) is 10.2 Å². The summed E-state index contributed by atoms with van der Waals surface area (Å²) >= 11 is 3.30. The summed E-state index contributed by atoms with van der Waals surface area (Å²) in [5, 5.41) is 10.9. The van der Waals surface area contributed by atoms with Crippen LogP contribution in [0.3, 0.4) is 0 Å². The van der Waals surface area contributed by atoms with E-state index in [1.165, 1.54) is 12.1 Å². The van der Waals surface area contributed by atoms with Crippen LogP contribution in [-0.2, 0) is 0 Å². The number of halogens is 2. The molecular formula is C11H9BrFN3. The highest BCUT2D eigenvalue weighted by Gasteiger charge is 2.06. The maximum absolute atomic E-state index is 12.9. The highest BCUT2D eigenvalue weighted by Crippen LogP contribution is 2.27. The molecule has 82 valence electrons. The molecule has 1 aromatic heterocycles. The summed E-state index contributed by atoms with van der Waals surface area (Å²) in [5.41, 5.74) is 1.52. The largest absolute Gasteiger partial charge is 0.372 e. The molecule has 0 spiro atoms. The summed E-state index contributed by atoms with van der Waals surface area (Å²) in [6.07, 6.45) is 0. The Hall–Kier alpha value is -1.49. The molecule has 0 saturated heterocycles. The molecule has 2 rings (SSSR count). The Morgan fingerprint density at radius 1 is 1.19 bits per heavy atom. The molecule has 2 aromatic rings. The van der Waals surface area contributed by atoms with Gasteiger partial charge in [0.15, 0.2) is 0 Å². The van der Waals surface area contributed by atoms with Crippen LogP contribution in [0.25, 0.3) is 11.3 Å². The summed E-state index contributed by atoms with van der Waals surface area (Å²) < 4.78 is 13.6. The quantitative estimate of drug-likeness (QED) is 0.919. The lowest BCUT2D eigenvalue weighted by Crippen LogP contribution is -1.95. The van der Waals surface area contributed by atoms with Crippen molar-refractivity contribution >= 4 is 21.7 Å². The van der Waals surface area contributed by atoms with Crippen LogP contribution in [0.4, 0.5) is 10.2 Å². The van der Waals surface area contributed by atoms with Gasteiger partial charge in [0.25, 0.3) is 0 Å². The molecule has 16 heavy (non-hydrogen) atoms. The van der Waals surface area contributed by atoms with Gasteiger partial charge in [0.05, 0.1) is 5.69 Å². The third-order valence-corrected chi connectivity index (χ3v) is 2.78. The molecule has 0 bridgehead atoms. The molecular weight excluding hydrogens is 273 g/mol. The standard InChI is InChI=1S/C11H9BrFN3/c1-14-11-5-4-10(15-16-11)8-3-2-7(13)6-9(8)12/h2-6H,1H3,(H,14,16). The van der Waals surface area contributed by atoms with Gasteiger partial charge in [-0.3, -0.25) is 0 Å². The van der Waals surface area contributed by atoms with Gasteiger partial charge in [-0.2, -0.15) is 0 Å². The lowest BCUT2D eigenvalue weighted by Gasteiger charge is -2.04. The number of nitrogens with zero attached hydrogens (tertiary/aromatic N) is 2. The third-order valence-electron chi connectivity index (χ3n) is 2.13. The van der Waals surface area contributed by atoms with E-state index >= 15 is 0 Å². The number of benzene rings is 1. The van der Waals surface area contributed by atoms with E-state index in [9.17, 15) is 4.39 Å². The Balaban J connectivity index is 2.42. The monoisotopic (exact) mass is 281 g/mol. The second-order valence-electron chi connectivity index (χ2n) is 3.18. The van der Waals surface area contributed by atoms with Gasteiger partial charge in [0, 0.05) is 17.1 Å². The molecule has 0 saturated carbocycles. The fourth-order valence-electron chi connectivity index (χ4n) is 1.31. The van der Waals surface area contributed by atoms with Gasteiger partial charge in [-0.05, 0) is 46.3 Å². The lowest BCUT2D eigenvalue weighted by atomic mass is 10.1. The van der Waals surface area contributed by atoms with Crippen molar-refractivity contribution in [1.82, 2.24) is 10.2 Å². The van der Waals surface area contributed by atoms with E-state index in [1.54, 1.807) is 13.1 Å². The van der Waals surface area contributed by atoms with Crippen molar-refractivity contribution in [3.8, 4) is 11.3 Å². The maximum atomic E-state index is 12.9. The highest BCUT2D eigenvalue weighted by atomic mass is 79.9. The normalized spacial score (nSPS) is 10.2. The lowest BCUT2D eigenvalue weighted by molar-refractivity contribution is 0.627. The van der Waals surface area contributed by atoms with Gasteiger partial charge in [0.1, 0.15) is 11.6 Å². The predicted octanol–water partition coefficient (Wildman–Crippen LogP) is 3.09. The molecule has 5 heteroatoms. The van der Waals surface area contributed by atoms with Crippen molar-refractivity contribution < 1.29 is 4.39 Å². The average Bonchev–Trinajstić information content (AvgIpc) is 2.29. The second-order valence-corrected chi connectivity index (χ2v) is 4.03. The van der Waals surface area contributed by atoms with E-state index in [0.717, 1.165) is 5.56 Å². The fraction of sp³-hybridized carbons (Fsp3) is 0.0909. The molecule has 0 aliphatic heterocycles. The number of hydrogen-bond acceptors (Lipinski definition) is 3. The van der Waals surface area contributed by atoms with E-state index < -0.39 is 0 Å². The topological polar surface area (TPSA) is 37.8 Å². The minimum absolute atomic E-state index is 0.282. The van der Waals surface area contributed by atoms with Gasteiger partial charge in [-0.25, -0.2) is 4.39 Å². The zero-order valence-corrected chi connectivity index (χ0v) is 10.1. The SMILES string of the molecule is CNc1ccc(-c2ccc(F)cc2Br)nn1. The summed E-state index contributed by atoms with van der Waals surface area (Å²) in [6.45, 7) is 0. The number of nitrogens with one attached hydrogen (secondary N) is 1. The number of anilines is 1. The molecule has 3 nitrogen and oxygen atoms in total. The van der Waals surface area contributed by atoms with Gasteiger partial charge >= 0.3 is 0 Å². The van der Waals surface area contributed by atoms with E-state index in [-0.39, 0.29) is 5.82 Å². The fourth-order valence-corrected chi connectivity index (χ4v) is 1.86. The van der Waals surface area contributed by atoms with E-state index in [0.29, 0.717) is 16.0 Å². The molecule has 1 heterocycles. The number of hydrogen-bond donors (Lipinski definition) is 1. The Labute approximate surface area is 101 Å². The summed E-state index contributed by atoms with van der Waals surface area (Å²) in [4.78, 5) is 0. The average molecular weight is 282 g/mol. The van der Waals surface area contributed by atoms with E-state index in [1.807, 2.05) is 12.1 Å². The molecule has 0 unspecified atom stereocenters. The van der Waals surface area contributed by atoms with Crippen molar-refractivity contribution in [3.63, 3.8) is 0 Å². The van der Waals surface area contributed by atoms with E-state index in [2.05, 4.69) is 31.4 Å². The Morgan fingerprint density at radius 2 is 2.00 bits per heavy atom. The highest BCUT2D eigenvalue weighted by molar-refractivity contribution is 9.10. The molecule has 0 aliphatic carbocycles. The molecule has 0 aliphatic rings. The van der Waals surface area contributed by atoms with Crippen LogP contribution in [0.1, 0.15) is 0 Å². The second kappa shape index (κ2) is 4.57. The number of rotatable bonds is 2. The molecule has 0 atom stereocenters. The molecule has 0 radical (unpaired) electrons. The van der Waals surface area contributed by atoms with Crippen LogP contribution in [0.15, 0.2) is 34.8 Å². The van der Waals surface area contributed by atoms with E-state index in [4.69, 9.17) is 0 Å². The molecule has 1 N–H and O–H groups in total. The first-order valence-corrected chi connectivity index (χ1v) is 5.47. The van der Waals surface area contributed by atoms with Crippen LogP contribution in [0.5, 0.6) is 0 Å². The zero-order chi connectivity index (χ0) is 11.5. The van der Waals surface area contributed by atoms with Crippen molar-refractivity contribution in [2.75, 3.05) is 12.4 Å². The number of aromatic nitrogens is 2. The molecule has 1 aromatic carbocycles. The van der Waals surface area contributed by atoms with Crippen molar-refractivity contribution in [2.24, 2.45) is 0 Å². The summed E-state index contributed by atoms with van der Waals surface area (Å²) in [6, 6.07) is 8.12. The first-order valence-electron chi connectivity index (χ1n) is 4.67. The van der Waals surface area contributed by atoms with Crippen molar-refractivity contribution in [1.29, 1.82) is 0 Å². The Bertz CT molecular complexity index is 499. The predicted molar refractivity (Wildman–Crippen MR) is 64.7 cm³/mol. The van der Waals surface area contributed by atoms with Gasteiger partial charge in [0.2, 0.25) is 0 Å². The summed E-state index contributed by atoms with van der Waals surface area (Å²) in [5.74, 6) is 0.414. The molecule has 0 amide bonds. The van der Waals surface area contributed by atoms with Crippen LogP contribution in [-0.4, -0.2) is 17.2 Å². The van der Waals surface area contributed by atoms with Crippen LogP contribution < -0.4 is 5.32 Å². The molecule has 0 fully saturated rings. The van der Waals surface area contributed by atoms with Crippen LogP contribution in [0.2, 0.25) is 0 Å². The van der Waals surface area contributed by atoms with Crippen LogP contribution >= 0.6 is 15.9 Å². The third kappa shape index (κ3) is 2.19. The minimum atomic E-state index is -0.282. The van der Waals surface area contributed by atoms with Crippen LogP contribution in [0, 0.1) is 5.82 Å². The Morgan fingerprint density at radius 3 is 2.56 bits per heavy atom. The van der Waals surface area contributed by atoms with Crippen molar-refractivity contribution in [2.45, 2.75) is 0 Å². The maximum Gasteiger partial charge on any atom is 0.148 e.